The Labute approximate surface area is 127 Å². The van der Waals surface area contributed by atoms with E-state index in [0.717, 1.165) is 0 Å². The summed E-state index contributed by atoms with van der Waals surface area (Å²) in [6, 6.07) is 1.31. The molecule has 3 rings (SSSR count). The Morgan fingerprint density at radius 3 is 1.60 bits per heavy atom. The Morgan fingerprint density at radius 1 is 0.800 bits per heavy atom. The SMILES string of the molecule is CC1=C(N2C(C)C2C)C(=O)C(Br)=C(N2C(C)C2C)C1=O. The summed E-state index contributed by atoms with van der Waals surface area (Å²) in [5, 5.41) is 0. The molecule has 0 amide bonds. The normalized spacial score (nSPS) is 37.1. The minimum Gasteiger partial charge on any atom is -0.358 e. The fourth-order valence-electron chi connectivity index (χ4n) is 3.13. The Bertz CT molecular complexity index is 525. The standard InChI is InChI=1S/C15H19BrN2O2/c1-6-12(17-7(2)8(17)3)15(20)11(16)13(14(6)19)18-9(4)10(18)5/h7-10H,1-5H3. The van der Waals surface area contributed by atoms with Crippen molar-refractivity contribution >= 4 is 27.5 Å². The van der Waals surface area contributed by atoms with Gasteiger partial charge in [-0.25, -0.2) is 0 Å². The molecule has 2 heterocycles. The molecule has 0 saturated carbocycles. The smallest absolute Gasteiger partial charge is 0.218 e. The van der Waals surface area contributed by atoms with E-state index in [2.05, 4.69) is 43.6 Å². The van der Waals surface area contributed by atoms with Crippen LogP contribution in [0.2, 0.25) is 0 Å². The minimum atomic E-state index is -0.0559. The van der Waals surface area contributed by atoms with Crippen LogP contribution in [0.15, 0.2) is 21.4 Å². The molecular weight excluding hydrogens is 320 g/mol. The lowest BCUT2D eigenvalue weighted by Crippen LogP contribution is -2.29. The Kier molecular flexibility index (Phi) is 2.91. The number of hydrogen-bond donors (Lipinski definition) is 0. The number of halogens is 1. The molecule has 0 bridgehead atoms. The third-order valence-electron chi connectivity index (χ3n) is 5.02. The van der Waals surface area contributed by atoms with Gasteiger partial charge in [0.25, 0.3) is 0 Å². The largest absolute Gasteiger partial charge is 0.358 e. The van der Waals surface area contributed by atoms with Gasteiger partial charge in [-0.05, 0) is 50.5 Å². The van der Waals surface area contributed by atoms with E-state index in [1.165, 1.54) is 0 Å². The number of allylic oxidation sites excluding steroid dienone is 2. The number of rotatable bonds is 2. The van der Waals surface area contributed by atoms with E-state index in [-0.39, 0.29) is 11.6 Å². The van der Waals surface area contributed by atoms with E-state index in [1.54, 1.807) is 6.92 Å². The van der Waals surface area contributed by atoms with Crippen LogP contribution in [-0.2, 0) is 9.59 Å². The molecule has 0 spiro atoms. The van der Waals surface area contributed by atoms with Crippen molar-refractivity contribution in [3.63, 3.8) is 0 Å². The summed E-state index contributed by atoms with van der Waals surface area (Å²) in [7, 11) is 0. The molecular formula is C15H19BrN2O2. The summed E-state index contributed by atoms with van der Waals surface area (Å²) in [4.78, 5) is 29.3. The number of nitrogens with zero attached hydrogens (tertiary/aromatic N) is 2. The van der Waals surface area contributed by atoms with E-state index in [4.69, 9.17) is 0 Å². The molecule has 3 aliphatic rings. The fraction of sp³-hybridized carbons (Fsp3) is 0.600. The molecule has 108 valence electrons. The Hall–Kier alpha value is -1.10. The van der Waals surface area contributed by atoms with Gasteiger partial charge in [0.1, 0.15) is 5.70 Å². The molecule has 0 aromatic carbocycles. The van der Waals surface area contributed by atoms with Crippen LogP contribution in [0.1, 0.15) is 34.6 Å². The highest BCUT2D eigenvalue weighted by Gasteiger charge is 2.51. The van der Waals surface area contributed by atoms with Gasteiger partial charge in [-0.2, -0.15) is 0 Å². The Morgan fingerprint density at radius 2 is 1.20 bits per heavy atom. The molecule has 2 fully saturated rings. The maximum absolute atomic E-state index is 12.6. The van der Waals surface area contributed by atoms with Gasteiger partial charge in [-0.3, -0.25) is 9.59 Å². The lowest BCUT2D eigenvalue weighted by molar-refractivity contribution is -0.117. The quantitative estimate of drug-likeness (QED) is 0.571. The van der Waals surface area contributed by atoms with Crippen LogP contribution in [0.5, 0.6) is 0 Å². The van der Waals surface area contributed by atoms with Crippen molar-refractivity contribution in [2.45, 2.75) is 58.8 Å². The second-order valence-electron chi connectivity index (χ2n) is 6.07. The van der Waals surface area contributed by atoms with Gasteiger partial charge >= 0.3 is 0 Å². The van der Waals surface area contributed by atoms with Crippen molar-refractivity contribution in [2.75, 3.05) is 0 Å². The van der Waals surface area contributed by atoms with Gasteiger partial charge in [0, 0.05) is 29.7 Å². The van der Waals surface area contributed by atoms with Gasteiger partial charge in [0.05, 0.1) is 10.2 Å². The lowest BCUT2D eigenvalue weighted by atomic mass is 9.98. The van der Waals surface area contributed by atoms with E-state index >= 15 is 0 Å². The first-order chi connectivity index (χ1) is 9.29. The zero-order chi connectivity index (χ0) is 14.9. The summed E-state index contributed by atoms with van der Waals surface area (Å²) < 4.78 is 0.422. The van der Waals surface area contributed by atoms with Crippen molar-refractivity contribution < 1.29 is 9.59 Å². The number of ketones is 2. The molecule has 0 N–H and O–H groups in total. The van der Waals surface area contributed by atoms with Crippen molar-refractivity contribution in [3.8, 4) is 0 Å². The maximum Gasteiger partial charge on any atom is 0.218 e. The number of carbonyl (C=O) groups is 2. The van der Waals surface area contributed by atoms with Gasteiger partial charge in [-0.15, -0.1) is 0 Å². The van der Waals surface area contributed by atoms with Gasteiger partial charge < -0.3 is 9.80 Å². The molecule has 4 unspecified atom stereocenters. The van der Waals surface area contributed by atoms with Crippen molar-refractivity contribution in [1.29, 1.82) is 0 Å². The molecule has 0 radical (unpaired) electrons. The van der Waals surface area contributed by atoms with Crippen LogP contribution < -0.4 is 0 Å². The molecule has 5 heteroatoms. The molecule has 0 aromatic rings. The summed E-state index contributed by atoms with van der Waals surface area (Å²) in [6.45, 7) is 10.1. The number of Topliss-reactive ketones (excluding diaryl/α,β-unsaturated/α-hetero) is 2. The Balaban J connectivity index is 2.00. The van der Waals surface area contributed by atoms with Gasteiger partial charge in [0.15, 0.2) is 0 Å². The summed E-state index contributed by atoms with van der Waals surface area (Å²) >= 11 is 3.37. The molecule has 2 aliphatic heterocycles. The van der Waals surface area contributed by atoms with Crippen LogP contribution in [-0.4, -0.2) is 45.5 Å². The fourth-order valence-corrected chi connectivity index (χ4v) is 3.70. The highest BCUT2D eigenvalue weighted by atomic mass is 79.9. The summed E-state index contributed by atoms with van der Waals surface area (Å²) in [5.41, 5.74) is 1.70. The van der Waals surface area contributed by atoms with Gasteiger partial charge in [-0.1, -0.05) is 0 Å². The van der Waals surface area contributed by atoms with Crippen LogP contribution in [0.4, 0.5) is 0 Å². The number of hydrogen-bond acceptors (Lipinski definition) is 4. The third kappa shape index (κ3) is 1.65. The molecule has 4 nitrogen and oxygen atoms in total. The summed E-state index contributed by atoms with van der Waals surface area (Å²) in [6.07, 6.45) is 0. The molecule has 0 aromatic heterocycles. The van der Waals surface area contributed by atoms with E-state index in [1.807, 2.05) is 9.80 Å². The molecule has 2 saturated heterocycles. The van der Waals surface area contributed by atoms with E-state index in [0.29, 0.717) is 45.6 Å². The molecule has 1 aliphatic carbocycles. The van der Waals surface area contributed by atoms with Crippen LogP contribution in [0.3, 0.4) is 0 Å². The second-order valence-corrected chi connectivity index (χ2v) is 6.86. The zero-order valence-electron chi connectivity index (χ0n) is 12.4. The average Bonchev–Trinajstić information content (AvgIpc) is 3.19. The van der Waals surface area contributed by atoms with E-state index in [9.17, 15) is 9.59 Å². The van der Waals surface area contributed by atoms with E-state index < -0.39 is 0 Å². The zero-order valence-corrected chi connectivity index (χ0v) is 14.0. The molecule has 4 atom stereocenters. The minimum absolute atomic E-state index is 0.0195. The first kappa shape index (κ1) is 13.9. The lowest BCUT2D eigenvalue weighted by Gasteiger charge is -2.22. The van der Waals surface area contributed by atoms with Crippen LogP contribution in [0, 0.1) is 0 Å². The third-order valence-corrected chi connectivity index (χ3v) is 5.76. The highest BCUT2D eigenvalue weighted by molar-refractivity contribution is 9.12. The monoisotopic (exact) mass is 338 g/mol. The number of carbonyl (C=O) groups excluding carboxylic acids is 2. The highest BCUT2D eigenvalue weighted by Crippen LogP contribution is 2.44. The van der Waals surface area contributed by atoms with Crippen LogP contribution in [0.25, 0.3) is 0 Å². The van der Waals surface area contributed by atoms with Crippen molar-refractivity contribution in [3.05, 3.63) is 21.4 Å². The first-order valence-corrected chi connectivity index (χ1v) is 7.85. The van der Waals surface area contributed by atoms with Crippen molar-refractivity contribution in [2.24, 2.45) is 0 Å². The first-order valence-electron chi connectivity index (χ1n) is 7.05. The predicted octanol–water partition coefficient (Wildman–Crippen LogP) is 2.20. The second kappa shape index (κ2) is 4.20. The average molecular weight is 339 g/mol. The maximum atomic E-state index is 12.6. The van der Waals surface area contributed by atoms with Crippen LogP contribution >= 0.6 is 15.9 Å². The predicted molar refractivity (Wildman–Crippen MR) is 80.2 cm³/mol. The van der Waals surface area contributed by atoms with Gasteiger partial charge in [0.2, 0.25) is 11.6 Å². The molecule has 20 heavy (non-hydrogen) atoms. The topological polar surface area (TPSA) is 40.2 Å². The summed E-state index contributed by atoms with van der Waals surface area (Å²) in [5.74, 6) is -0.0754. The van der Waals surface area contributed by atoms with Crippen molar-refractivity contribution in [1.82, 2.24) is 9.80 Å².